The Morgan fingerprint density at radius 1 is 1.00 bits per heavy atom. The molecular weight excluding hydrogens is 354 g/mol. The molecular formula is C20H16F2N2OS. The zero-order chi connectivity index (χ0) is 18.1. The predicted molar refractivity (Wildman–Crippen MR) is 98.5 cm³/mol. The zero-order valence-corrected chi connectivity index (χ0v) is 14.7. The van der Waals surface area contributed by atoms with Crippen LogP contribution in [0.15, 0.2) is 41.8 Å². The van der Waals surface area contributed by atoms with Crippen molar-refractivity contribution in [2.75, 3.05) is 5.32 Å². The number of anilines is 1. The van der Waals surface area contributed by atoms with Crippen molar-refractivity contribution in [3.8, 4) is 11.3 Å². The first-order chi connectivity index (χ1) is 12.6. The lowest BCUT2D eigenvalue weighted by atomic mass is 9.90. The molecule has 1 aliphatic rings. The Hall–Kier alpha value is -2.60. The van der Waals surface area contributed by atoms with Gasteiger partial charge in [-0.05, 0) is 67.1 Å². The van der Waals surface area contributed by atoms with Gasteiger partial charge in [0.2, 0.25) is 0 Å². The number of hydrogen-bond donors (Lipinski definition) is 1. The molecule has 1 amide bonds. The minimum atomic E-state index is -0.921. The second-order valence-corrected chi connectivity index (χ2v) is 7.17. The number of carbonyl (C=O) groups excluding carboxylic acids is 1. The van der Waals surface area contributed by atoms with E-state index in [1.807, 2.05) is 18.2 Å². The summed E-state index contributed by atoms with van der Waals surface area (Å²) in [5.41, 5.74) is 4.13. The van der Waals surface area contributed by atoms with Crippen LogP contribution in [0, 0.1) is 11.6 Å². The molecule has 1 heterocycles. The summed E-state index contributed by atoms with van der Waals surface area (Å²) in [6.07, 6.45) is 4.43. The van der Waals surface area contributed by atoms with Gasteiger partial charge < -0.3 is 0 Å². The van der Waals surface area contributed by atoms with Gasteiger partial charge in [0.15, 0.2) is 16.8 Å². The Morgan fingerprint density at radius 2 is 1.81 bits per heavy atom. The SMILES string of the molecule is O=C(Nc1nc(-c2ccc(F)c(F)c2)cs1)c1ccc2c(c1)CCCC2. The lowest BCUT2D eigenvalue weighted by Crippen LogP contribution is -2.13. The standard InChI is InChI=1S/C20H16F2N2OS/c21-16-8-7-14(10-17(16)22)18-11-26-20(23-18)24-19(25)15-6-5-12-3-1-2-4-13(12)9-15/h5-11H,1-4H2,(H,23,24,25). The summed E-state index contributed by atoms with van der Waals surface area (Å²) in [6.45, 7) is 0. The van der Waals surface area contributed by atoms with Crippen LogP contribution in [0.5, 0.6) is 0 Å². The number of fused-ring (bicyclic) bond motifs is 1. The smallest absolute Gasteiger partial charge is 0.257 e. The third kappa shape index (κ3) is 3.37. The third-order valence-corrected chi connectivity index (χ3v) is 5.31. The Morgan fingerprint density at radius 3 is 2.62 bits per heavy atom. The molecule has 1 aliphatic carbocycles. The Bertz CT molecular complexity index is 984. The minimum Gasteiger partial charge on any atom is -0.298 e. The number of benzene rings is 2. The van der Waals surface area contributed by atoms with Gasteiger partial charge in [0.1, 0.15) is 0 Å². The monoisotopic (exact) mass is 370 g/mol. The summed E-state index contributed by atoms with van der Waals surface area (Å²) < 4.78 is 26.4. The van der Waals surface area contributed by atoms with Crippen LogP contribution in [0.1, 0.15) is 34.3 Å². The Labute approximate surface area is 153 Å². The van der Waals surface area contributed by atoms with E-state index < -0.39 is 11.6 Å². The predicted octanol–water partition coefficient (Wildman–Crippen LogP) is 5.22. The van der Waals surface area contributed by atoms with E-state index >= 15 is 0 Å². The molecule has 0 aliphatic heterocycles. The molecule has 3 aromatic rings. The lowest BCUT2D eigenvalue weighted by molar-refractivity contribution is 0.102. The van der Waals surface area contributed by atoms with Crippen molar-refractivity contribution >= 4 is 22.4 Å². The molecule has 0 spiro atoms. The van der Waals surface area contributed by atoms with Crippen molar-refractivity contribution in [1.29, 1.82) is 0 Å². The van der Waals surface area contributed by atoms with E-state index in [1.54, 1.807) is 5.38 Å². The van der Waals surface area contributed by atoms with Crippen LogP contribution in [-0.4, -0.2) is 10.9 Å². The molecule has 1 N–H and O–H groups in total. The van der Waals surface area contributed by atoms with Crippen molar-refractivity contribution < 1.29 is 13.6 Å². The summed E-state index contributed by atoms with van der Waals surface area (Å²) in [6, 6.07) is 9.44. The molecule has 6 heteroatoms. The van der Waals surface area contributed by atoms with Gasteiger partial charge in [-0.2, -0.15) is 0 Å². The minimum absolute atomic E-state index is 0.218. The Balaban J connectivity index is 1.52. The molecule has 0 fully saturated rings. The van der Waals surface area contributed by atoms with Crippen molar-refractivity contribution in [1.82, 2.24) is 4.98 Å². The van der Waals surface area contributed by atoms with E-state index in [0.717, 1.165) is 31.4 Å². The van der Waals surface area contributed by atoms with Crippen LogP contribution in [-0.2, 0) is 12.8 Å². The Kier molecular flexibility index (Phi) is 4.51. The van der Waals surface area contributed by atoms with Crippen LogP contribution >= 0.6 is 11.3 Å². The number of rotatable bonds is 3. The summed E-state index contributed by atoms with van der Waals surface area (Å²) in [4.78, 5) is 16.8. The topological polar surface area (TPSA) is 42.0 Å². The second-order valence-electron chi connectivity index (χ2n) is 6.31. The van der Waals surface area contributed by atoms with Gasteiger partial charge in [-0.25, -0.2) is 13.8 Å². The number of thiazole rings is 1. The molecule has 0 saturated carbocycles. The van der Waals surface area contributed by atoms with Gasteiger partial charge >= 0.3 is 0 Å². The van der Waals surface area contributed by atoms with Gasteiger partial charge in [0.05, 0.1) is 5.69 Å². The molecule has 26 heavy (non-hydrogen) atoms. The van der Waals surface area contributed by atoms with Gasteiger partial charge in [-0.3, -0.25) is 10.1 Å². The number of aryl methyl sites for hydroxylation is 2. The van der Waals surface area contributed by atoms with Crippen LogP contribution in [0.3, 0.4) is 0 Å². The summed E-state index contributed by atoms with van der Waals surface area (Å²) in [5, 5.41) is 4.91. The number of nitrogens with one attached hydrogen (secondary N) is 1. The first-order valence-electron chi connectivity index (χ1n) is 8.44. The molecule has 0 saturated heterocycles. The summed E-state index contributed by atoms with van der Waals surface area (Å²) >= 11 is 1.25. The third-order valence-electron chi connectivity index (χ3n) is 4.55. The molecule has 0 unspecified atom stereocenters. The van der Waals surface area contributed by atoms with E-state index in [4.69, 9.17) is 0 Å². The van der Waals surface area contributed by atoms with Crippen molar-refractivity contribution in [3.63, 3.8) is 0 Å². The number of nitrogens with zero attached hydrogens (tertiary/aromatic N) is 1. The number of halogens is 2. The van der Waals surface area contributed by atoms with Gasteiger partial charge in [-0.15, -0.1) is 11.3 Å². The number of aromatic nitrogens is 1. The normalized spacial score (nSPS) is 13.3. The van der Waals surface area contributed by atoms with Crippen molar-refractivity contribution in [2.24, 2.45) is 0 Å². The fraction of sp³-hybridized carbons (Fsp3) is 0.200. The maximum Gasteiger partial charge on any atom is 0.257 e. The molecule has 0 radical (unpaired) electrons. The van der Waals surface area contributed by atoms with E-state index in [0.29, 0.717) is 22.0 Å². The highest BCUT2D eigenvalue weighted by molar-refractivity contribution is 7.14. The average molecular weight is 370 g/mol. The largest absolute Gasteiger partial charge is 0.298 e. The number of carbonyl (C=O) groups is 1. The maximum atomic E-state index is 13.4. The lowest BCUT2D eigenvalue weighted by Gasteiger charge is -2.16. The van der Waals surface area contributed by atoms with E-state index in [-0.39, 0.29) is 5.91 Å². The molecule has 4 rings (SSSR count). The molecule has 0 atom stereocenters. The average Bonchev–Trinajstić information content (AvgIpc) is 3.12. The molecule has 0 bridgehead atoms. The summed E-state index contributed by atoms with van der Waals surface area (Å²) in [7, 11) is 0. The number of amides is 1. The van der Waals surface area contributed by atoms with Crippen LogP contribution < -0.4 is 5.32 Å². The van der Waals surface area contributed by atoms with Gasteiger partial charge in [-0.1, -0.05) is 6.07 Å². The van der Waals surface area contributed by atoms with E-state index in [9.17, 15) is 13.6 Å². The maximum absolute atomic E-state index is 13.4. The highest BCUT2D eigenvalue weighted by Gasteiger charge is 2.15. The summed E-state index contributed by atoms with van der Waals surface area (Å²) in [5.74, 6) is -2.04. The van der Waals surface area contributed by atoms with Crippen molar-refractivity contribution in [3.05, 3.63) is 70.1 Å². The molecule has 132 valence electrons. The first kappa shape index (κ1) is 16.8. The fourth-order valence-electron chi connectivity index (χ4n) is 3.16. The molecule has 2 aromatic carbocycles. The first-order valence-corrected chi connectivity index (χ1v) is 9.32. The molecule has 3 nitrogen and oxygen atoms in total. The second kappa shape index (κ2) is 6.96. The van der Waals surface area contributed by atoms with Gasteiger partial charge in [0, 0.05) is 16.5 Å². The zero-order valence-electron chi connectivity index (χ0n) is 13.9. The van der Waals surface area contributed by atoms with E-state index in [2.05, 4.69) is 10.3 Å². The van der Waals surface area contributed by atoms with E-state index in [1.165, 1.54) is 35.0 Å². The van der Waals surface area contributed by atoms with Crippen LogP contribution in [0.25, 0.3) is 11.3 Å². The molecule has 1 aromatic heterocycles. The van der Waals surface area contributed by atoms with Crippen LogP contribution in [0.2, 0.25) is 0 Å². The highest BCUT2D eigenvalue weighted by Crippen LogP contribution is 2.27. The quantitative estimate of drug-likeness (QED) is 0.687. The number of hydrogen-bond acceptors (Lipinski definition) is 3. The van der Waals surface area contributed by atoms with Crippen molar-refractivity contribution in [2.45, 2.75) is 25.7 Å². The fourth-order valence-corrected chi connectivity index (χ4v) is 3.88. The highest BCUT2D eigenvalue weighted by atomic mass is 32.1. The van der Waals surface area contributed by atoms with Gasteiger partial charge in [0.25, 0.3) is 5.91 Å². The van der Waals surface area contributed by atoms with Crippen LogP contribution in [0.4, 0.5) is 13.9 Å².